The summed E-state index contributed by atoms with van der Waals surface area (Å²) in [5.41, 5.74) is 1.45. The number of carbonyl (C=O) groups excluding carboxylic acids is 1. The number of nitrogens with zero attached hydrogens (tertiary/aromatic N) is 2. The number of hydrogen-bond donors (Lipinski definition) is 0. The molecule has 5 nitrogen and oxygen atoms in total. The van der Waals surface area contributed by atoms with Crippen molar-refractivity contribution >= 4 is 17.0 Å². The summed E-state index contributed by atoms with van der Waals surface area (Å²) >= 11 is 0. The number of carbonyl (C=O) groups is 1. The zero-order chi connectivity index (χ0) is 17.9. The SMILES string of the molecule is CC(C)(C)OC(=O)N(Cc1ccc2cccnc2c1)CC1CCCO1. The van der Waals surface area contributed by atoms with Crippen molar-refractivity contribution in [3.05, 3.63) is 42.1 Å². The molecule has 1 amide bonds. The van der Waals surface area contributed by atoms with Gasteiger partial charge in [-0.3, -0.25) is 4.98 Å². The Bertz CT molecular complexity index is 733. The number of hydrogen-bond acceptors (Lipinski definition) is 4. The van der Waals surface area contributed by atoms with Crippen molar-refractivity contribution in [3.63, 3.8) is 0 Å². The number of ether oxygens (including phenoxy) is 2. The highest BCUT2D eigenvalue weighted by atomic mass is 16.6. The fraction of sp³-hybridized carbons (Fsp3) is 0.500. The first-order chi connectivity index (χ1) is 11.9. The van der Waals surface area contributed by atoms with E-state index in [1.807, 2.05) is 51.1 Å². The topological polar surface area (TPSA) is 51.7 Å². The quantitative estimate of drug-likeness (QED) is 0.837. The number of benzene rings is 1. The molecule has 1 saturated heterocycles. The molecule has 0 spiro atoms. The molecule has 1 fully saturated rings. The predicted octanol–water partition coefficient (Wildman–Crippen LogP) is 4.15. The van der Waals surface area contributed by atoms with Crippen LogP contribution >= 0.6 is 0 Å². The molecule has 0 bridgehead atoms. The maximum Gasteiger partial charge on any atom is 0.410 e. The molecule has 0 aliphatic carbocycles. The summed E-state index contributed by atoms with van der Waals surface area (Å²) in [6.45, 7) is 7.46. The van der Waals surface area contributed by atoms with Crippen LogP contribution in [-0.2, 0) is 16.0 Å². The van der Waals surface area contributed by atoms with Crippen molar-refractivity contribution < 1.29 is 14.3 Å². The molecule has 1 aliphatic heterocycles. The van der Waals surface area contributed by atoms with Crippen LogP contribution in [0.1, 0.15) is 39.2 Å². The maximum atomic E-state index is 12.6. The van der Waals surface area contributed by atoms with E-state index in [0.717, 1.165) is 35.9 Å². The van der Waals surface area contributed by atoms with Gasteiger partial charge in [0.25, 0.3) is 0 Å². The minimum Gasteiger partial charge on any atom is -0.444 e. The second kappa shape index (κ2) is 7.40. The van der Waals surface area contributed by atoms with E-state index in [1.165, 1.54) is 0 Å². The molecule has 2 heterocycles. The van der Waals surface area contributed by atoms with Crippen LogP contribution in [-0.4, -0.2) is 40.8 Å². The molecule has 1 aromatic carbocycles. The number of fused-ring (bicyclic) bond motifs is 1. The molecule has 5 heteroatoms. The Balaban J connectivity index is 1.77. The third-order valence-corrected chi connectivity index (χ3v) is 4.14. The van der Waals surface area contributed by atoms with Gasteiger partial charge in [0, 0.05) is 24.7 Å². The van der Waals surface area contributed by atoms with Gasteiger partial charge in [-0.05, 0) is 51.3 Å². The van der Waals surface area contributed by atoms with Crippen LogP contribution in [0.15, 0.2) is 36.5 Å². The summed E-state index contributed by atoms with van der Waals surface area (Å²) in [5, 5.41) is 1.09. The lowest BCUT2D eigenvalue weighted by Crippen LogP contribution is -2.40. The summed E-state index contributed by atoms with van der Waals surface area (Å²) in [6, 6.07) is 10.1. The molecular weight excluding hydrogens is 316 g/mol. The molecular formula is C20H26N2O3. The Hall–Kier alpha value is -2.14. The molecule has 1 aromatic heterocycles. The number of amides is 1. The molecule has 134 valence electrons. The molecule has 1 unspecified atom stereocenters. The molecule has 3 rings (SSSR count). The van der Waals surface area contributed by atoms with E-state index >= 15 is 0 Å². The Morgan fingerprint density at radius 2 is 2.20 bits per heavy atom. The van der Waals surface area contributed by atoms with Crippen LogP contribution in [0, 0.1) is 0 Å². The summed E-state index contributed by atoms with van der Waals surface area (Å²) in [7, 11) is 0. The first-order valence-electron chi connectivity index (χ1n) is 8.84. The van der Waals surface area contributed by atoms with E-state index in [0.29, 0.717) is 13.1 Å². The zero-order valence-corrected chi connectivity index (χ0v) is 15.2. The average Bonchev–Trinajstić information content (AvgIpc) is 3.05. The zero-order valence-electron chi connectivity index (χ0n) is 15.2. The van der Waals surface area contributed by atoms with Crippen LogP contribution in [0.4, 0.5) is 4.79 Å². The van der Waals surface area contributed by atoms with Crippen LogP contribution < -0.4 is 0 Å². The van der Waals surface area contributed by atoms with Crippen LogP contribution in [0.5, 0.6) is 0 Å². The standard InChI is InChI=1S/C20H26N2O3/c1-20(2,3)25-19(23)22(14-17-7-5-11-24-17)13-15-8-9-16-6-4-10-21-18(16)12-15/h4,6,8-10,12,17H,5,7,11,13-14H2,1-3H3. The van der Waals surface area contributed by atoms with E-state index in [4.69, 9.17) is 9.47 Å². The second-order valence-electron chi connectivity index (χ2n) is 7.53. The van der Waals surface area contributed by atoms with Gasteiger partial charge in [-0.1, -0.05) is 18.2 Å². The van der Waals surface area contributed by atoms with E-state index in [-0.39, 0.29) is 12.2 Å². The smallest absolute Gasteiger partial charge is 0.410 e. The fourth-order valence-corrected chi connectivity index (χ4v) is 3.00. The fourth-order valence-electron chi connectivity index (χ4n) is 3.00. The van der Waals surface area contributed by atoms with E-state index in [9.17, 15) is 4.79 Å². The highest BCUT2D eigenvalue weighted by molar-refractivity contribution is 5.79. The van der Waals surface area contributed by atoms with Gasteiger partial charge in [-0.25, -0.2) is 4.79 Å². The molecule has 0 saturated carbocycles. The summed E-state index contributed by atoms with van der Waals surface area (Å²) in [4.78, 5) is 18.8. The van der Waals surface area contributed by atoms with Gasteiger partial charge < -0.3 is 14.4 Å². The second-order valence-corrected chi connectivity index (χ2v) is 7.53. The number of aromatic nitrogens is 1. The van der Waals surface area contributed by atoms with Crippen molar-refractivity contribution in [2.45, 2.75) is 51.9 Å². The van der Waals surface area contributed by atoms with Crippen molar-refractivity contribution in [2.24, 2.45) is 0 Å². The lowest BCUT2D eigenvalue weighted by atomic mass is 10.1. The molecule has 1 aliphatic rings. The van der Waals surface area contributed by atoms with Crippen molar-refractivity contribution in [1.29, 1.82) is 0 Å². The van der Waals surface area contributed by atoms with Gasteiger partial charge in [0.15, 0.2) is 0 Å². The van der Waals surface area contributed by atoms with Crippen LogP contribution in [0.2, 0.25) is 0 Å². The minimum absolute atomic E-state index is 0.0890. The van der Waals surface area contributed by atoms with Crippen molar-refractivity contribution in [2.75, 3.05) is 13.2 Å². The van der Waals surface area contributed by atoms with Gasteiger partial charge in [0.05, 0.1) is 18.2 Å². The Labute approximate surface area is 148 Å². The van der Waals surface area contributed by atoms with E-state index < -0.39 is 5.60 Å². The number of pyridine rings is 1. The van der Waals surface area contributed by atoms with Crippen molar-refractivity contribution in [3.8, 4) is 0 Å². The van der Waals surface area contributed by atoms with Crippen LogP contribution in [0.25, 0.3) is 10.9 Å². The minimum atomic E-state index is -0.517. The van der Waals surface area contributed by atoms with Gasteiger partial charge in [-0.15, -0.1) is 0 Å². The van der Waals surface area contributed by atoms with Gasteiger partial charge >= 0.3 is 6.09 Å². The van der Waals surface area contributed by atoms with Gasteiger partial charge in [0.2, 0.25) is 0 Å². The molecule has 0 N–H and O–H groups in total. The lowest BCUT2D eigenvalue weighted by molar-refractivity contribution is 0.00860. The van der Waals surface area contributed by atoms with Gasteiger partial charge in [0.1, 0.15) is 5.60 Å². The maximum absolute atomic E-state index is 12.6. The Kier molecular flexibility index (Phi) is 5.23. The molecule has 0 radical (unpaired) electrons. The average molecular weight is 342 g/mol. The monoisotopic (exact) mass is 342 g/mol. The van der Waals surface area contributed by atoms with E-state index in [2.05, 4.69) is 4.98 Å². The Morgan fingerprint density at radius 1 is 1.36 bits per heavy atom. The molecule has 25 heavy (non-hydrogen) atoms. The first kappa shape index (κ1) is 17.7. The lowest BCUT2D eigenvalue weighted by Gasteiger charge is -2.29. The highest BCUT2D eigenvalue weighted by Gasteiger charge is 2.26. The third kappa shape index (κ3) is 4.92. The van der Waals surface area contributed by atoms with Crippen molar-refractivity contribution in [1.82, 2.24) is 9.88 Å². The Morgan fingerprint density at radius 3 is 2.92 bits per heavy atom. The predicted molar refractivity (Wildman–Crippen MR) is 97.4 cm³/mol. The normalized spacial score (nSPS) is 17.6. The van der Waals surface area contributed by atoms with E-state index in [1.54, 1.807) is 11.1 Å². The molecule has 2 aromatic rings. The summed E-state index contributed by atoms with van der Waals surface area (Å²) < 4.78 is 11.3. The number of rotatable bonds is 4. The highest BCUT2D eigenvalue weighted by Crippen LogP contribution is 2.20. The molecule has 1 atom stereocenters. The summed E-state index contributed by atoms with van der Waals surface area (Å²) in [5.74, 6) is 0. The van der Waals surface area contributed by atoms with Crippen LogP contribution in [0.3, 0.4) is 0 Å². The third-order valence-electron chi connectivity index (χ3n) is 4.14. The first-order valence-corrected chi connectivity index (χ1v) is 8.84. The largest absolute Gasteiger partial charge is 0.444 e. The van der Waals surface area contributed by atoms with Gasteiger partial charge in [-0.2, -0.15) is 0 Å². The summed E-state index contributed by atoms with van der Waals surface area (Å²) in [6.07, 6.45) is 3.60.